The third-order valence-electron chi connectivity index (χ3n) is 5.13. The number of hydrogen-bond acceptors (Lipinski definition) is 3. The summed E-state index contributed by atoms with van der Waals surface area (Å²) in [6.07, 6.45) is 0.0603. The summed E-state index contributed by atoms with van der Waals surface area (Å²) in [6, 6.07) is 16.4. The van der Waals surface area contributed by atoms with Crippen molar-refractivity contribution in [1.29, 1.82) is 0 Å². The number of benzene rings is 2. The van der Waals surface area contributed by atoms with Crippen LogP contribution in [0.3, 0.4) is 0 Å². The summed E-state index contributed by atoms with van der Waals surface area (Å²) < 4.78 is 5.55. The molecule has 128 valence electrons. The Morgan fingerprint density at radius 2 is 1.64 bits per heavy atom. The van der Waals surface area contributed by atoms with E-state index in [9.17, 15) is 9.59 Å². The highest BCUT2D eigenvalue weighted by Crippen LogP contribution is 2.44. The van der Waals surface area contributed by atoms with E-state index >= 15 is 0 Å². The summed E-state index contributed by atoms with van der Waals surface area (Å²) in [5.41, 5.74) is 4.71. The second-order valence-electron chi connectivity index (χ2n) is 6.57. The molecule has 4 rings (SSSR count). The van der Waals surface area contributed by atoms with Crippen LogP contribution in [0.4, 0.5) is 4.79 Å². The molecular weight excluding hydrogens is 318 g/mol. The van der Waals surface area contributed by atoms with E-state index in [1.54, 1.807) is 0 Å². The molecule has 0 radical (unpaired) electrons. The molecule has 2 aromatic rings. The predicted octanol–water partition coefficient (Wildman–Crippen LogP) is 3.34. The average Bonchev–Trinajstić information content (AvgIpc) is 3.24. The maximum Gasteiger partial charge on any atom is 0.409 e. The number of likely N-dealkylation sites (tertiary alicyclic amines) is 1. The van der Waals surface area contributed by atoms with Crippen LogP contribution in [-0.4, -0.2) is 41.8 Å². The van der Waals surface area contributed by atoms with Crippen LogP contribution in [0.2, 0.25) is 0 Å². The number of carboxylic acids is 1. The lowest BCUT2D eigenvalue weighted by atomic mass is 9.98. The zero-order valence-corrected chi connectivity index (χ0v) is 13.7. The summed E-state index contributed by atoms with van der Waals surface area (Å²) in [7, 11) is 0. The summed E-state index contributed by atoms with van der Waals surface area (Å²) in [6.45, 7) is 0.931. The molecule has 1 atom stereocenters. The molecule has 1 aliphatic carbocycles. The number of aliphatic carboxylic acids is 1. The smallest absolute Gasteiger partial charge is 0.409 e. The summed E-state index contributed by atoms with van der Waals surface area (Å²) >= 11 is 0. The first-order chi connectivity index (χ1) is 12.1. The molecule has 0 unspecified atom stereocenters. The van der Waals surface area contributed by atoms with Gasteiger partial charge in [-0.2, -0.15) is 0 Å². The number of rotatable bonds is 3. The maximum atomic E-state index is 12.3. The minimum Gasteiger partial charge on any atom is -0.481 e. The molecule has 25 heavy (non-hydrogen) atoms. The van der Waals surface area contributed by atoms with Crippen molar-refractivity contribution in [2.45, 2.75) is 12.3 Å². The standard InChI is InChI=1S/C20H19NO4/c22-19(23)13-9-10-21(11-13)20(24)25-12-18-16-7-3-1-5-14(16)15-6-2-4-8-17(15)18/h1-8,13,18H,9-12H2,(H,22,23)/t13-/m0/s1. The molecule has 1 fully saturated rings. The molecule has 0 bridgehead atoms. The van der Waals surface area contributed by atoms with Crippen molar-refractivity contribution in [2.75, 3.05) is 19.7 Å². The second kappa shape index (κ2) is 6.24. The molecule has 1 saturated heterocycles. The largest absolute Gasteiger partial charge is 0.481 e. The van der Waals surface area contributed by atoms with Crippen molar-refractivity contribution < 1.29 is 19.4 Å². The van der Waals surface area contributed by atoms with E-state index in [0.29, 0.717) is 13.0 Å². The van der Waals surface area contributed by atoms with Crippen LogP contribution in [0.1, 0.15) is 23.5 Å². The number of fused-ring (bicyclic) bond motifs is 3. The third-order valence-corrected chi connectivity index (χ3v) is 5.13. The van der Waals surface area contributed by atoms with Gasteiger partial charge in [-0.15, -0.1) is 0 Å². The van der Waals surface area contributed by atoms with Crippen LogP contribution >= 0.6 is 0 Å². The predicted molar refractivity (Wildman–Crippen MR) is 92.4 cm³/mol. The molecule has 2 aromatic carbocycles. The van der Waals surface area contributed by atoms with Crippen molar-refractivity contribution in [3.63, 3.8) is 0 Å². The van der Waals surface area contributed by atoms with Gasteiger partial charge in [0.2, 0.25) is 0 Å². The molecule has 1 N–H and O–H groups in total. The molecule has 0 saturated carbocycles. The van der Waals surface area contributed by atoms with Gasteiger partial charge in [-0.05, 0) is 28.7 Å². The lowest BCUT2D eigenvalue weighted by molar-refractivity contribution is -0.141. The van der Waals surface area contributed by atoms with E-state index < -0.39 is 18.0 Å². The number of carboxylic acid groups (broad SMARTS) is 1. The van der Waals surface area contributed by atoms with Gasteiger partial charge < -0.3 is 14.7 Å². The molecular formula is C20H19NO4. The first-order valence-electron chi connectivity index (χ1n) is 8.48. The van der Waals surface area contributed by atoms with E-state index in [2.05, 4.69) is 24.3 Å². The Kier molecular flexibility index (Phi) is 3.92. The van der Waals surface area contributed by atoms with Crippen molar-refractivity contribution in [2.24, 2.45) is 5.92 Å². The van der Waals surface area contributed by atoms with E-state index in [-0.39, 0.29) is 19.1 Å². The van der Waals surface area contributed by atoms with Crippen molar-refractivity contribution in [1.82, 2.24) is 4.90 Å². The molecule has 0 aromatic heterocycles. The average molecular weight is 337 g/mol. The van der Waals surface area contributed by atoms with E-state index in [0.717, 1.165) is 0 Å². The van der Waals surface area contributed by atoms with Gasteiger partial charge in [0, 0.05) is 19.0 Å². The molecule has 1 heterocycles. The fourth-order valence-electron chi connectivity index (χ4n) is 3.81. The van der Waals surface area contributed by atoms with Crippen LogP contribution in [0.5, 0.6) is 0 Å². The highest BCUT2D eigenvalue weighted by Gasteiger charge is 2.33. The van der Waals surface area contributed by atoms with Gasteiger partial charge in [-0.3, -0.25) is 4.79 Å². The number of nitrogens with zero attached hydrogens (tertiary/aromatic N) is 1. The first-order valence-corrected chi connectivity index (χ1v) is 8.48. The fourth-order valence-corrected chi connectivity index (χ4v) is 3.81. The Bertz CT molecular complexity index is 786. The van der Waals surface area contributed by atoms with Crippen LogP contribution in [-0.2, 0) is 9.53 Å². The first kappa shape index (κ1) is 15.7. The van der Waals surface area contributed by atoms with E-state index in [1.165, 1.54) is 27.2 Å². The molecule has 5 heteroatoms. The Hall–Kier alpha value is -2.82. The summed E-state index contributed by atoms with van der Waals surface area (Å²) in [4.78, 5) is 24.8. The van der Waals surface area contributed by atoms with Crippen molar-refractivity contribution in [3.8, 4) is 11.1 Å². The molecule has 0 spiro atoms. The zero-order chi connectivity index (χ0) is 17.4. The topological polar surface area (TPSA) is 66.8 Å². The van der Waals surface area contributed by atoms with Crippen LogP contribution in [0, 0.1) is 5.92 Å². The van der Waals surface area contributed by atoms with Gasteiger partial charge in [0.05, 0.1) is 5.92 Å². The summed E-state index contributed by atoms with van der Waals surface area (Å²) in [5.74, 6) is -1.32. The van der Waals surface area contributed by atoms with Gasteiger partial charge in [-0.1, -0.05) is 48.5 Å². The van der Waals surface area contributed by atoms with E-state index in [1.807, 2.05) is 24.3 Å². The third kappa shape index (κ3) is 2.76. The fraction of sp³-hybridized carbons (Fsp3) is 0.300. The Morgan fingerprint density at radius 1 is 1.04 bits per heavy atom. The number of hydrogen-bond donors (Lipinski definition) is 1. The molecule has 5 nitrogen and oxygen atoms in total. The normalized spacial score (nSPS) is 18.7. The highest BCUT2D eigenvalue weighted by atomic mass is 16.6. The minimum absolute atomic E-state index is 0.0224. The number of carbonyl (C=O) groups excluding carboxylic acids is 1. The van der Waals surface area contributed by atoms with Gasteiger partial charge in [-0.25, -0.2) is 4.79 Å². The van der Waals surface area contributed by atoms with Gasteiger partial charge in [0.1, 0.15) is 6.61 Å². The second-order valence-corrected chi connectivity index (χ2v) is 6.57. The molecule has 2 aliphatic rings. The van der Waals surface area contributed by atoms with Gasteiger partial charge >= 0.3 is 12.1 Å². The number of carbonyl (C=O) groups is 2. The highest BCUT2D eigenvalue weighted by molar-refractivity contribution is 5.79. The lowest BCUT2D eigenvalue weighted by Gasteiger charge is -2.19. The van der Waals surface area contributed by atoms with Gasteiger partial charge in [0.25, 0.3) is 0 Å². The quantitative estimate of drug-likeness (QED) is 0.933. The van der Waals surface area contributed by atoms with Crippen LogP contribution in [0.25, 0.3) is 11.1 Å². The van der Waals surface area contributed by atoms with Crippen molar-refractivity contribution in [3.05, 3.63) is 59.7 Å². The monoisotopic (exact) mass is 337 g/mol. The maximum absolute atomic E-state index is 12.3. The van der Waals surface area contributed by atoms with Crippen LogP contribution < -0.4 is 0 Å². The SMILES string of the molecule is O=C(O)[C@H]1CCN(C(=O)OCC2c3ccccc3-c3ccccc32)C1. The summed E-state index contributed by atoms with van der Waals surface area (Å²) in [5, 5.41) is 9.06. The molecule has 1 amide bonds. The Morgan fingerprint density at radius 3 is 2.20 bits per heavy atom. The lowest BCUT2D eigenvalue weighted by Crippen LogP contribution is -2.31. The van der Waals surface area contributed by atoms with E-state index in [4.69, 9.17) is 9.84 Å². The number of ether oxygens (including phenoxy) is 1. The van der Waals surface area contributed by atoms with Crippen LogP contribution in [0.15, 0.2) is 48.5 Å². The number of amides is 1. The Balaban J connectivity index is 1.48. The zero-order valence-electron chi connectivity index (χ0n) is 13.7. The van der Waals surface area contributed by atoms with Gasteiger partial charge in [0.15, 0.2) is 0 Å². The molecule has 1 aliphatic heterocycles. The van der Waals surface area contributed by atoms with Crippen molar-refractivity contribution >= 4 is 12.1 Å². The minimum atomic E-state index is -0.853. The Labute approximate surface area is 145 Å².